The molecule has 0 saturated carbocycles. The Bertz CT molecular complexity index is 554. The summed E-state index contributed by atoms with van der Waals surface area (Å²) in [6.45, 7) is 2.09. The molecule has 21 heavy (non-hydrogen) atoms. The molecule has 7 heteroatoms. The van der Waals surface area contributed by atoms with Crippen LogP contribution >= 0.6 is 23.1 Å². The highest BCUT2D eigenvalue weighted by Gasteiger charge is 2.23. The number of esters is 1. The normalized spacial score (nSPS) is 12.3. The Morgan fingerprint density at radius 2 is 2.38 bits per heavy atom. The van der Waals surface area contributed by atoms with Crippen molar-refractivity contribution in [3.05, 3.63) is 28.3 Å². The van der Waals surface area contributed by atoms with Crippen LogP contribution < -0.4 is 0 Å². The standard InChI is InChI=1S/C14H18N2O3S2/c1-3-4-7-11(13(17)18-2)21-14-16-15-12(19-14)9-10-6-5-8-20-10/h5-6,8,11H,3-4,7,9H2,1-2H3. The summed E-state index contributed by atoms with van der Waals surface area (Å²) >= 11 is 2.94. The minimum absolute atomic E-state index is 0.244. The van der Waals surface area contributed by atoms with E-state index in [9.17, 15) is 4.79 Å². The maximum absolute atomic E-state index is 11.8. The van der Waals surface area contributed by atoms with Gasteiger partial charge in [-0.05, 0) is 17.9 Å². The van der Waals surface area contributed by atoms with Crippen LogP contribution in [0.2, 0.25) is 0 Å². The van der Waals surface area contributed by atoms with E-state index in [4.69, 9.17) is 9.15 Å². The van der Waals surface area contributed by atoms with E-state index in [1.807, 2.05) is 17.5 Å². The third-order valence-corrected chi connectivity index (χ3v) is 4.84. The second-order valence-electron chi connectivity index (χ2n) is 4.49. The summed E-state index contributed by atoms with van der Waals surface area (Å²) in [5.74, 6) is 0.325. The molecule has 2 aromatic heterocycles. The molecule has 0 radical (unpaired) electrons. The number of carbonyl (C=O) groups excluding carboxylic acids is 1. The molecule has 2 rings (SSSR count). The average molecular weight is 326 g/mol. The zero-order valence-electron chi connectivity index (χ0n) is 12.1. The topological polar surface area (TPSA) is 65.2 Å². The van der Waals surface area contributed by atoms with E-state index < -0.39 is 0 Å². The first-order chi connectivity index (χ1) is 10.2. The van der Waals surface area contributed by atoms with Crippen LogP contribution in [-0.4, -0.2) is 28.5 Å². The third kappa shape index (κ3) is 4.86. The SMILES string of the molecule is CCCCC(Sc1nnc(Cc2cccs2)o1)C(=O)OC. The molecule has 0 saturated heterocycles. The predicted molar refractivity (Wildman–Crippen MR) is 82.6 cm³/mol. The van der Waals surface area contributed by atoms with Crippen LogP contribution in [0.25, 0.3) is 0 Å². The molecule has 2 heterocycles. The van der Waals surface area contributed by atoms with Gasteiger partial charge in [-0.3, -0.25) is 4.79 Å². The molecule has 0 N–H and O–H groups in total. The minimum atomic E-state index is -0.287. The highest BCUT2D eigenvalue weighted by Crippen LogP contribution is 2.27. The number of thioether (sulfide) groups is 1. The van der Waals surface area contributed by atoms with Gasteiger partial charge in [-0.2, -0.15) is 0 Å². The first-order valence-corrected chi connectivity index (χ1v) is 8.58. The average Bonchev–Trinajstić information content (AvgIpc) is 3.15. The predicted octanol–water partition coefficient (Wildman–Crippen LogP) is 3.55. The first kappa shape index (κ1) is 16.0. The number of thiophene rings is 1. The number of nitrogens with zero attached hydrogens (tertiary/aromatic N) is 2. The minimum Gasteiger partial charge on any atom is -0.468 e. The fraction of sp³-hybridized carbons (Fsp3) is 0.500. The number of hydrogen-bond donors (Lipinski definition) is 0. The van der Waals surface area contributed by atoms with E-state index >= 15 is 0 Å². The first-order valence-electron chi connectivity index (χ1n) is 6.82. The number of hydrogen-bond acceptors (Lipinski definition) is 7. The van der Waals surface area contributed by atoms with Gasteiger partial charge in [0, 0.05) is 4.88 Å². The highest BCUT2D eigenvalue weighted by molar-refractivity contribution is 8.00. The van der Waals surface area contributed by atoms with Gasteiger partial charge in [0.25, 0.3) is 5.22 Å². The maximum Gasteiger partial charge on any atom is 0.319 e. The fourth-order valence-electron chi connectivity index (χ4n) is 1.79. The molecule has 0 aliphatic heterocycles. The molecule has 1 unspecified atom stereocenters. The second kappa shape index (κ2) is 8.19. The van der Waals surface area contributed by atoms with Crippen LogP contribution in [0.3, 0.4) is 0 Å². The monoisotopic (exact) mass is 326 g/mol. The summed E-state index contributed by atoms with van der Waals surface area (Å²) in [4.78, 5) is 12.9. The largest absolute Gasteiger partial charge is 0.468 e. The Hall–Kier alpha value is -1.34. The van der Waals surface area contributed by atoms with E-state index in [-0.39, 0.29) is 11.2 Å². The van der Waals surface area contributed by atoms with Gasteiger partial charge in [-0.15, -0.1) is 21.5 Å². The van der Waals surface area contributed by atoms with E-state index in [0.29, 0.717) is 17.5 Å². The lowest BCUT2D eigenvalue weighted by Crippen LogP contribution is -2.18. The zero-order chi connectivity index (χ0) is 15.1. The van der Waals surface area contributed by atoms with Crippen molar-refractivity contribution < 1.29 is 13.9 Å². The van der Waals surface area contributed by atoms with Crippen LogP contribution in [0.1, 0.15) is 37.0 Å². The number of aromatic nitrogens is 2. The van der Waals surface area contributed by atoms with Gasteiger partial charge in [0.15, 0.2) is 0 Å². The summed E-state index contributed by atoms with van der Waals surface area (Å²) in [7, 11) is 1.40. The molecule has 5 nitrogen and oxygen atoms in total. The van der Waals surface area contributed by atoms with Crippen molar-refractivity contribution in [1.82, 2.24) is 10.2 Å². The van der Waals surface area contributed by atoms with Crippen LogP contribution in [0, 0.1) is 0 Å². The van der Waals surface area contributed by atoms with Crippen molar-refractivity contribution in [3.8, 4) is 0 Å². The van der Waals surface area contributed by atoms with Gasteiger partial charge in [-0.1, -0.05) is 37.6 Å². The van der Waals surface area contributed by atoms with Gasteiger partial charge >= 0.3 is 5.97 Å². The number of unbranched alkanes of at least 4 members (excludes halogenated alkanes) is 1. The zero-order valence-corrected chi connectivity index (χ0v) is 13.7. The molecule has 0 amide bonds. The Balaban J connectivity index is 1.97. The molecule has 2 aromatic rings. The Kier molecular flexibility index (Phi) is 6.25. The molecular weight excluding hydrogens is 308 g/mol. The van der Waals surface area contributed by atoms with Crippen LogP contribution in [-0.2, 0) is 16.0 Å². The van der Waals surface area contributed by atoms with Gasteiger partial charge < -0.3 is 9.15 Å². The van der Waals surface area contributed by atoms with Gasteiger partial charge in [0.1, 0.15) is 5.25 Å². The molecule has 114 valence electrons. The number of rotatable bonds is 8. The number of ether oxygens (including phenoxy) is 1. The Labute approximate surface area is 132 Å². The molecule has 0 aromatic carbocycles. The van der Waals surface area contributed by atoms with E-state index in [1.165, 1.54) is 23.7 Å². The van der Waals surface area contributed by atoms with E-state index in [0.717, 1.165) is 19.3 Å². The molecule has 0 spiro atoms. The molecule has 0 aliphatic carbocycles. The maximum atomic E-state index is 11.8. The summed E-state index contributed by atoms with van der Waals surface area (Å²) in [6.07, 6.45) is 3.37. The lowest BCUT2D eigenvalue weighted by molar-refractivity contribution is -0.140. The van der Waals surface area contributed by atoms with Crippen molar-refractivity contribution in [2.75, 3.05) is 7.11 Å². The van der Waals surface area contributed by atoms with Crippen LogP contribution in [0.4, 0.5) is 0 Å². The summed E-state index contributed by atoms with van der Waals surface area (Å²) in [5, 5.41) is 10.2. The third-order valence-electron chi connectivity index (χ3n) is 2.88. The highest BCUT2D eigenvalue weighted by atomic mass is 32.2. The summed E-state index contributed by atoms with van der Waals surface area (Å²) in [6, 6.07) is 4.02. The fourth-order valence-corrected chi connectivity index (χ4v) is 3.44. The summed E-state index contributed by atoms with van der Waals surface area (Å²) < 4.78 is 10.4. The molecule has 0 fully saturated rings. The van der Waals surface area contributed by atoms with E-state index in [1.54, 1.807) is 11.3 Å². The molecule has 0 aliphatic rings. The van der Waals surface area contributed by atoms with Crippen molar-refractivity contribution in [2.45, 2.75) is 43.1 Å². The van der Waals surface area contributed by atoms with Gasteiger partial charge in [0.2, 0.25) is 5.89 Å². The van der Waals surface area contributed by atoms with Crippen LogP contribution in [0.5, 0.6) is 0 Å². The van der Waals surface area contributed by atoms with Gasteiger partial charge in [-0.25, -0.2) is 0 Å². The quantitative estimate of drug-likeness (QED) is 0.546. The van der Waals surface area contributed by atoms with Crippen LogP contribution in [0.15, 0.2) is 27.2 Å². The van der Waals surface area contributed by atoms with Crippen molar-refractivity contribution in [3.63, 3.8) is 0 Å². The lowest BCUT2D eigenvalue weighted by Gasteiger charge is -2.10. The van der Waals surface area contributed by atoms with Crippen molar-refractivity contribution in [2.24, 2.45) is 0 Å². The summed E-state index contributed by atoms with van der Waals surface area (Å²) in [5.41, 5.74) is 0. The number of methoxy groups -OCH3 is 1. The van der Waals surface area contributed by atoms with Gasteiger partial charge in [0.05, 0.1) is 13.5 Å². The van der Waals surface area contributed by atoms with Crippen molar-refractivity contribution in [1.29, 1.82) is 0 Å². The van der Waals surface area contributed by atoms with Crippen molar-refractivity contribution >= 4 is 29.1 Å². The molecule has 0 bridgehead atoms. The molecular formula is C14H18N2O3S2. The lowest BCUT2D eigenvalue weighted by atomic mass is 10.2. The van der Waals surface area contributed by atoms with E-state index in [2.05, 4.69) is 17.1 Å². The molecule has 1 atom stereocenters. The smallest absolute Gasteiger partial charge is 0.319 e. The Morgan fingerprint density at radius 1 is 1.52 bits per heavy atom. The number of carbonyl (C=O) groups is 1. The second-order valence-corrected chi connectivity index (χ2v) is 6.68. The Morgan fingerprint density at radius 3 is 3.05 bits per heavy atom.